The van der Waals surface area contributed by atoms with Crippen LogP contribution in [-0.2, 0) is 16.1 Å². The van der Waals surface area contributed by atoms with E-state index in [1.165, 1.54) is 0 Å². The molecule has 19 heavy (non-hydrogen) atoms. The number of nitrogens with one attached hydrogen (secondary N) is 1. The predicted octanol–water partition coefficient (Wildman–Crippen LogP) is 0.0118. The summed E-state index contributed by atoms with van der Waals surface area (Å²) < 4.78 is 1.65. The molecule has 0 aromatic carbocycles. The van der Waals surface area contributed by atoms with Gasteiger partial charge in [-0.15, -0.1) is 0 Å². The van der Waals surface area contributed by atoms with Gasteiger partial charge in [-0.2, -0.15) is 5.10 Å². The maximum absolute atomic E-state index is 12.1. The number of carbonyl (C=O) groups excluding carboxylic acids is 2. The first kappa shape index (κ1) is 12.2. The summed E-state index contributed by atoms with van der Waals surface area (Å²) in [5.41, 5.74) is 0.0968. The van der Waals surface area contributed by atoms with Crippen LogP contribution in [0.15, 0.2) is 18.5 Å². The van der Waals surface area contributed by atoms with Crippen molar-refractivity contribution in [3.63, 3.8) is 0 Å². The lowest BCUT2D eigenvalue weighted by Gasteiger charge is -2.38. The zero-order chi connectivity index (χ0) is 13.3. The molecule has 2 aliphatic heterocycles. The van der Waals surface area contributed by atoms with E-state index < -0.39 is 0 Å². The molecule has 1 spiro atoms. The summed E-state index contributed by atoms with van der Waals surface area (Å²) in [6.45, 7) is 2.56. The van der Waals surface area contributed by atoms with Crippen LogP contribution in [0.4, 0.5) is 0 Å². The minimum Gasteiger partial charge on any atom is -0.356 e. The Kier molecular flexibility index (Phi) is 3.00. The van der Waals surface area contributed by atoms with Crippen LogP contribution in [0.5, 0.6) is 0 Å². The van der Waals surface area contributed by atoms with Gasteiger partial charge in [-0.05, 0) is 24.3 Å². The van der Waals surface area contributed by atoms with Gasteiger partial charge in [0.05, 0.1) is 0 Å². The van der Waals surface area contributed by atoms with Crippen molar-refractivity contribution in [3.8, 4) is 0 Å². The number of piperidine rings is 1. The molecule has 6 nitrogen and oxygen atoms in total. The van der Waals surface area contributed by atoms with Crippen LogP contribution in [-0.4, -0.2) is 46.1 Å². The van der Waals surface area contributed by atoms with Gasteiger partial charge < -0.3 is 10.2 Å². The van der Waals surface area contributed by atoms with Crippen LogP contribution in [0.2, 0.25) is 0 Å². The lowest BCUT2D eigenvalue weighted by molar-refractivity contribution is -0.134. The Bertz CT molecular complexity index is 475. The van der Waals surface area contributed by atoms with Gasteiger partial charge in [0.25, 0.3) is 0 Å². The van der Waals surface area contributed by atoms with Crippen LogP contribution in [0, 0.1) is 5.41 Å². The van der Waals surface area contributed by atoms with Crippen LogP contribution in [0.3, 0.4) is 0 Å². The van der Waals surface area contributed by atoms with E-state index >= 15 is 0 Å². The second kappa shape index (κ2) is 4.68. The van der Waals surface area contributed by atoms with Gasteiger partial charge in [-0.1, -0.05) is 0 Å². The summed E-state index contributed by atoms with van der Waals surface area (Å²) in [7, 11) is 0. The molecule has 0 aliphatic carbocycles. The maximum atomic E-state index is 12.1. The van der Waals surface area contributed by atoms with E-state index in [0.29, 0.717) is 13.0 Å². The summed E-state index contributed by atoms with van der Waals surface area (Å²) >= 11 is 0. The summed E-state index contributed by atoms with van der Waals surface area (Å²) in [5, 5.41) is 6.95. The lowest BCUT2D eigenvalue weighted by Crippen LogP contribution is -2.45. The minimum atomic E-state index is 0.0968. The van der Waals surface area contributed by atoms with Gasteiger partial charge in [0, 0.05) is 38.4 Å². The molecule has 2 fully saturated rings. The molecular formula is C13H18N4O2. The van der Waals surface area contributed by atoms with Gasteiger partial charge in [-0.25, -0.2) is 0 Å². The first-order valence-electron chi connectivity index (χ1n) is 6.69. The van der Waals surface area contributed by atoms with Gasteiger partial charge in [0.15, 0.2) is 0 Å². The molecule has 2 amide bonds. The van der Waals surface area contributed by atoms with Crippen molar-refractivity contribution in [2.45, 2.75) is 25.8 Å². The number of amides is 2. The Balaban J connectivity index is 1.55. The molecule has 102 valence electrons. The Morgan fingerprint density at radius 3 is 2.79 bits per heavy atom. The molecule has 0 atom stereocenters. The SMILES string of the molecule is O=C1CC2(CCN(C(=O)Cn3cccn3)CC2)CN1. The predicted molar refractivity (Wildman–Crippen MR) is 68.1 cm³/mol. The van der Waals surface area contributed by atoms with Crippen molar-refractivity contribution in [2.75, 3.05) is 19.6 Å². The molecule has 0 saturated carbocycles. The van der Waals surface area contributed by atoms with Gasteiger partial charge in [-0.3, -0.25) is 14.3 Å². The number of hydrogen-bond donors (Lipinski definition) is 1. The monoisotopic (exact) mass is 262 g/mol. The highest BCUT2D eigenvalue weighted by atomic mass is 16.2. The largest absolute Gasteiger partial charge is 0.356 e. The summed E-state index contributed by atoms with van der Waals surface area (Å²) in [6, 6.07) is 1.81. The molecule has 0 bridgehead atoms. The number of likely N-dealkylation sites (tertiary alicyclic amines) is 1. The Labute approximate surface area is 111 Å². The van der Waals surface area contributed by atoms with Crippen molar-refractivity contribution in [2.24, 2.45) is 5.41 Å². The Morgan fingerprint density at radius 2 is 2.21 bits per heavy atom. The third-order valence-electron chi connectivity index (χ3n) is 4.23. The Morgan fingerprint density at radius 1 is 1.42 bits per heavy atom. The molecule has 3 heterocycles. The van der Waals surface area contributed by atoms with E-state index in [9.17, 15) is 9.59 Å². The van der Waals surface area contributed by atoms with Gasteiger partial charge in [0.2, 0.25) is 11.8 Å². The molecule has 1 N–H and O–H groups in total. The average Bonchev–Trinajstić information content (AvgIpc) is 3.01. The molecule has 1 aromatic heterocycles. The van der Waals surface area contributed by atoms with Crippen LogP contribution >= 0.6 is 0 Å². The molecule has 2 saturated heterocycles. The van der Waals surface area contributed by atoms with Crippen molar-refractivity contribution in [3.05, 3.63) is 18.5 Å². The van der Waals surface area contributed by atoms with E-state index in [2.05, 4.69) is 10.4 Å². The second-order valence-electron chi connectivity index (χ2n) is 5.54. The normalized spacial score (nSPS) is 21.7. The van der Waals surface area contributed by atoms with E-state index in [0.717, 1.165) is 32.5 Å². The molecular weight excluding hydrogens is 244 g/mol. The topological polar surface area (TPSA) is 67.2 Å². The van der Waals surface area contributed by atoms with Crippen LogP contribution < -0.4 is 5.32 Å². The van der Waals surface area contributed by atoms with E-state index in [1.807, 2.05) is 11.0 Å². The number of rotatable bonds is 2. The third kappa shape index (κ3) is 2.47. The highest BCUT2D eigenvalue weighted by Gasteiger charge is 2.41. The van der Waals surface area contributed by atoms with Crippen molar-refractivity contribution in [1.29, 1.82) is 0 Å². The van der Waals surface area contributed by atoms with E-state index in [1.54, 1.807) is 17.1 Å². The maximum Gasteiger partial charge on any atom is 0.244 e. The zero-order valence-corrected chi connectivity index (χ0v) is 10.8. The van der Waals surface area contributed by atoms with Gasteiger partial charge in [0.1, 0.15) is 6.54 Å². The first-order chi connectivity index (χ1) is 9.17. The summed E-state index contributed by atoms with van der Waals surface area (Å²) in [4.78, 5) is 25.3. The fourth-order valence-electron chi connectivity index (χ4n) is 2.97. The smallest absolute Gasteiger partial charge is 0.244 e. The standard InChI is InChI=1S/C13H18N4O2/c18-11-8-13(10-14-11)2-6-16(7-3-13)12(19)9-17-5-1-4-15-17/h1,4-5H,2-3,6-10H2,(H,14,18). The second-order valence-corrected chi connectivity index (χ2v) is 5.54. The summed E-state index contributed by atoms with van der Waals surface area (Å²) in [6.07, 6.45) is 5.92. The number of nitrogens with zero attached hydrogens (tertiary/aromatic N) is 3. The summed E-state index contributed by atoms with van der Waals surface area (Å²) in [5.74, 6) is 0.257. The van der Waals surface area contributed by atoms with Crippen molar-refractivity contribution < 1.29 is 9.59 Å². The highest BCUT2D eigenvalue weighted by Crippen LogP contribution is 2.37. The Hall–Kier alpha value is -1.85. The van der Waals surface area contributed by atoms with Crippen molar-refractivity contribution >= 4 is 11.8 Å². The quantitative estimate of drug-likeness (QED) is 0.816. The number of aromatic nitrogens is 2. The highest BCUT2D eigenvalue weighted by molar-refractivity contribution is 5.79. The van der Waals surface area contributed by atoms with Gasteiger partial charge >= 0.3 is 0 Å². The first-order valence-corrected chi connectivity index (χ1v) is 6.69. The molecule has 2 aliphatic rings. The third-order valence-corrected chi connectivity index (χ3v) is 4.23. The molecule has 0 unspecified atom stereocenters. The van der Waals surface area contributed by atoms with Crippen LogP contribution in [0.25, 0.3) is 0 Å². The molecule has 3 rings (SSSR count). The number of carbonyl (C=O) groups is 2. The average molecular weight is 262 g/mol. The van der Waals surface area contributed by atoms with Crippen molar-refractivity contribution in [1.82, 2.24) is 20.0 Å². The molecule has 0 radical (unpaired) electrons. The zero-order valence-electron chi connectivity index (χ0n) is 10.8. The fraction of sp³-hybridized carbons (Fsp3) is 0.615. The molecule has 1 aromatic rings. The minimum absolute atomic E-state index is 0.0968. The van der Waals surface area contributed by atoms with E-state index in [4.69, 9.17) is 0 Å². The van der Waals surface area contributed by atoms with Crippen LogP contribution in [0.1, 0.15) is 19.3 Å². The number of hydrogen-bond acceptors (Lipinski definition) is 3. The molecule has 6 heteroatoms. The van der Waals surface area contributed by atoms with E-state index in [-0.39, 0.29) is 17.2 Å². The fourth-order valence-corrected chi connectivity index (χ4v) is 2.97. The lowest BCUT2D eigenvalue weighted by atomic mass is 9.77.